The molecule has 14 heavy (non-hydrogen) atoms. The molecular formula is C13H23F. The highest BCUT2D eigenvalue weighted by atomic mass is 19.1. The Hall–Kier alpha value is -0.590. The van der Waals surface area contributed by atoms with Crippen molar-refractivity contribution in [2.24, 2.45) is 11.8 Å². The zero-order valence-corrected chi connectivity index (χ0v) is 9.94. The molecule has 0 saturated carbocycles. The Balaban J connectivity index is 4.54. The van der Waals surface area contributed by atoms with Gasteiger partial charge >= 0.3 is 0 Å². The van der Waals surface area contributed by atoms with Gasteiger partial charge in [0, 0.05) is 5.92 Å². The zero-order chi connectivity index (χ0) is 11.1. The quantitative estimate of drug-likeness (QED) is 0.534. The summed E-state index contributed by atoms with van der Waals surface area (Å²) in [6.45, 7) is 11.6. The van der Waals surface area contributed by atoms with Gasteiger partial charge < -0.3 is 0 Å². The first-order chi connectivity index (χ1) is 6.54. The Morgan fingerprint density at radius 1 is 1.43 bits per heavy atom. The topological polar surface area (TPSA) is 0 Å². The van der Waals surface area contributed by atoms with Crippen molar-refractivity contribution in [1.29, 1.82) is 0 Å². The predicted molar refractivity (Wildman–Crippen MR) is 61.9 cm³/mol. The number of halogens is 1. The van der Waals surface area contributed by atoms with Crippen LogP contribution in [-0.4, -0.2) is 0 Å². The van der Waals surface area contributed by atoms with Crippen molar-refractivity contribution in [3.8, 4) is 0 Å². The second-order valence-corrected chi connectivity index (χ2v) is 4.19. The molecule has 0 radical (unpaired) electrons. The van der Waals surface area contributed by atoms with Crippen LogP contribution < -0.4 is 0 Å². The lowest BCUT2D eigenvalue weighted by atomic mass is 9.87. The third-order valence-corrected chi connectivity index (χ3v) is 2.68. The molecule has 0 amide bonds. The highest BCUT2D eigenvalue weighted by Crippen LogP contribution is 2.30. The molecule has 0 aliphatic rings. The van der Waals surface area contributed by atoms with Gasteiger partial charge in [-0.15, -0.1) is 6.58 Å². The predicted octanol–water partition coefficient (Wildman–Crippen LogP) is 4.88. The van der Waals surface area contributed by atoms with Crippen LogP contribution in [0.4, 0.5) is 4.39 Å². The molecule has 0 aromatic carbocycles. The van der Waals surface area contributed by atoms with Gasteiger partial charge in [0.1, 0.15) is 5.83 Å². The van der Waals surface area contributed by atoms with Crippen LogP contribution in [0.25, 0.3) is 0 Å². The van der Waals surface area contributed by atoms with Crippen molar-refractivity contribution < 1.29 is 4.39 Å². The fourth-order valence-electron chi connectivity index (χ4n) is 1.58. The number of hydrogen-bond acceptors (Lipinski definition) is 0. The first-order valence-electron chi connectivity index (χ1n) is 5.50. The van der Waals surface area contributed by atoms with Crippen molar-refractivity contribution in [3.63, 3.8) is 0 Å². The van der Waals surface area contributed by atoms with Crippen LogP contribution >= 0.6 is 0 Å². The van der Waals surface area contributed by atoms with Crippen LogP contribution in [-0.2, 0) is 0 Å². The summed E-state index contributed by atoms with van der Waals surface area (Å²) in [5, 5.41) is 0. The van der Waals surface area contributed by atoms with E-state index in [1.54, 1.807) is 0 Å². The van der Waals surface area contributed by atoms with Gasteiger partial charge in [-0.25, -0.2) is 4.39 Å². The monoisotopic (exact) mass is 198 g/mol. The van der Waals surface area contributed by atoms with E-state index in [4.69, 9.17) is 0 Å². The lowest BCUT2D eigenvalue weighted by Gasteiger charge is -2.20. The molecule has 1 heteroatoms. The van der Waals surface area contributed by atoms with Gasteiger partial charge in [0.25, 0.3) is 0 Å². The second kappa shape index (κ2) is 6.80. The molecule has 0 aromatic heterocycles. The fraction of sp³-hybridized carbons (Fsp3) is 0.692. The Kier molecular flexibility index (Phi) is 6.52. The first-order valence-corrected chi connectivity index (χ1v) is 5.50. The van der Waals surface area contributed by atoms with E-state index in [9.17, 15) is 4.39 Å². The molecule has 2 unspecified atom stereocenters. The van der Waals surface area contributed by atoms with Crippen molar-refractivity contribution in [3.05, 3.63) is 24.1 Å². The van der Waals surface area contributed by atoms with Crippen LogP contribution in [0.1, 0.15) is 47.0 Å². The lowest BCUT2D eigenvalue weighted by molar-refractivity contribution is 0.358. The van der Waals surface area contributed by atoms with Crippen LogP contribution in [0.15, 0.2) is 24.1 Å². The van der Waals surface area contributed by atoms with Gasteiger partial charge in [0.2, 0.25) is 0 Å². The molecule has 82 valence electrons. The Bertz CT molecular complexity index is 199. The van der Waals surface area contributed by atoms with Crippen LogP contribution in [0.5, 0.6) is 0 Å². The average molecular weight is 198 g/mol. The largest absolute Gasteiger partial charge is 0.212 e. The standard InChI is InChI=1S/C13H23F/c1-6-8-9-12(11(5)7-2)13(14)10(3)4/h7,11-12H,2,6,8-9H2,1,3-5H3. The maximum atomic E-state index is 13.8. The highest BCUT2D eigenvalue weighted by molar-refractivity contribution is 5.08. The van der Waals surface area contributed by atoms with E-state index in [0.717, 1.165) is 24.8 Å². The van der Waals surface area contributed by atoms with Crippen molar-refractivity contribution in [1.82, 2.24) is 0 Å². The highest BCUT2D eigenvalue weighted by Gasteiger charge is 2.19. The molecule has 0 aliphatic carbocycles. The SMILES string of the molecule is C=CC(C)C(CCCC)C(F)=C(C)C. The van der Waals surface area contributed by atoms with E-state index in [2.05, 4.69) is 13.5 Å². The summed E-state index contributed by atoms with van der Waals surface area (Å²) < 4.78 is 13.8. The minimum absolute atomic E-state index is 0.0393. The van der Waals surface area contributed by atoms with E-state index in [1.807, 2.05) is 26.8 Å². The van der Waals surface area contributed by atoms with E-state index >= 15 is 0 Å². The molecule has 0 aromatic rings. The van der Waals surface area contributed by atoms with Gasteiger partial charge in [-0.1, -0.05) is 32.8 Å². The fourth-order valence-corrected chi connectivity index (χ4v) is 1.58. The number of hydrogen-bond donors (Lipinski definition) is 0. The van der Waals surface area contributed by atoms with Crippen LogP contribution in [0, 0.1) is 11.8 Å². The third kappa shape index (κ3) is 4.08. The summed E-state index contributed by atoms with van der Waals surface area (Å²) in [6, 6.07) is 0. The Morgan fingerprint density at radius 2 is 2.00 bits per heavy atom. The zero-order valence-electron chi connectivity index (χ0n) is 9.94. The van der Waals surface area contributed by atoms with Crippen LogP contribution in [0.2, 0.25) is 0 Å². The second-order valence-electron chi connectivity index (χ2n) is 4.19. The Labute approximate surface area is 87.9 Å². The number of allylic oxidation sites excluding steroid dienone is 3. The molecule has 0 N–H and O–H groups in total. The van der Waals surface area contributed by atoms with Gasteiger partial charge in [-0.2, -0.15) is 0 Å². The summed E-state index contributed by atoms with van der Waals surface area (Å²) >= 11 is 0. The Morgan fingerprint density at radius 3 is 2.36 bits per heavy atom. The van der Waals surface area contributed by atoms with Gasteiger partial charge in [-0.05, 0) is 31.8 Å². The molecule has 0 spiro atoms. The van der Waals surface area contributed by atoms with Crippen molar-refractivity contribution in [2.45, 2.75) is 47.0 Å². The summed E-state index contributed by atoms with van der Waals surface area (Å²) in [5.74, 6) is 0.333. The molecule has 0 saturated heterocycles. The minimum Gasteiger partial charge on any atom is -0.212 e. The third-order valence-electron chi connectivity index (χ3n) is 2.68. The summed E-state index contributed by atoms with van der Waals surface area (Å²) in [4.78, 5) is 0. The van der Waals surface area contributed by atoms with Crippen LogP contribution in [0.3, 0.4) is 0 Å². The summed E-state index contributed by atoms with van der Waals surface area (Å²) in [5.41, 5.74) is 0.805. The summed E-state index contributed by atoms with van der Waals surface area (Å²) in [6.07, 6.45) is 4.99. The maximum absolute atomic E-state index is 13.8. The molecule has 0 bridgehead atoms. The van der Waals surface area contributed by atoms with E-state index in [1.165, 1.54) is 0 Å². The molecule has 0 aliphatic heterocycles. The minimum atomic E-state index is 0.0393. The summed E-state index contributed by atoms with van der Waals surface area (Å²) in [7, 11) is 0. The molecule has 0 fully saturated rings. The van der Waals surface area contributed by atoms with Gasteiger partial charge in [0.15, 0.2) is 0 Å². The van der Waals surface area contributed by atoms with Gasteiger partial charge in [0.05, 0.1) is 0 Å². The lowest BCUT2D eigenvalue weighted by Crippen LogP contribution is -2.11. The van der Waals surface area contributed by atoms with E-state index in [0.29, 0.717) is 0 Å². The number of rotatable bonds is 6. The molecule has 0 nitrogen and oxygen atoms in total. The van der Waals surface area contributed by atoms with Crippen molar-refractivity contribution >= 4 is 0 Å². The van der Waals surface area contributed by atoms with Gasteiger partial charge in [-0.3, -0.25) is 0 Å². The maximum Gasteiger partial charge on any atom is 0.102 e. The van der Waals surface area contributed by atoms with E-state index in [-0.39, 0.29) is 17.7 Å². The molecule has 0 heterocycles. The first kappa shape index (κ1) is 13.4. The molecular weight excluding hydrogens is 175 g/mol. The smallest absolute Gasteiger partial charge is 0.102 e. The average Bonchev–Trinajstić information content (AvgIpc) is 2.17. The molecule has 2 atom stereocenters. The van der Waals surface area contributed by atoms with Crippen molar-refractivity contribution in [2.75, 3.05) is 0 Å². The van der Waals surface area contributed by atoms with E-state index < -0.39 is 0 Å². The number of unbranched alkanes of at least 4 members (excludes halogenated alkanes) is 1. The normalized spacial score (nSPS) is 14.6. The molecule has 0 rings (SSSR count).